The molecule has 1 fully saturated rings. The van der Waals surface area contributed by atoms with E-state index in [1.54, 1.807) is 0 Å². The number of nitrogens with zero attached hydrogens (tertiary/aromatic N) is 4. The Morgan fingerprint density at radius 3 is 2.78 bits per heavy atom. The van der Waals surface area contributed by atoms with Crippen LogP contribution in [0.15, 0.2) is 36.8 Å². The van der Waals surface area contributed by atoms with Crippen molar-refractivity contribution in [1.29, 1.82) is 0 Å². The SMILES string of the molecule is CC1(NC(=O)C2CCc3c(-c4cncc(OC(F)F)c4)nn(-c4ccc(F)cn4)c3C2)CCS(O)(O)C1. The van der Waals surface area contributed by atoms with Crippen LogP contribution >= 0.6 is 10.6 Å². The first-order valence-corrected chi connectivity index (χ1v) is 13.6. The fourth-order valence-electron chi connectivity index (χ4n) is 5.01. The Morgan fingerprint density at radius 1 is 1.30 bits per heavy atom. The normalized spacial score (nSPS) is 23.5. The Labute approximate surface area is 212 Å². The number of aromatic nitrogens is 4. The van der Waals surface area contributed by atoms with Gasteiger partial charge in [0.2, 0.25) is 5.91 Å². The molecule has 1 aliphatic heterocycles. The zero-order valence-corrected chi connectivity index (χ0v) is 20.7. The summed E-state index contributed by atoms with van der Waals surface area (Å²) >= 11 is 0. The molecule has 3 N–H and O–H groups in total. The van der Waals surface area contributed by atoms with E-state index in [1.807, 2.05) is 6.92 Å². The summed E-state index contributed by atoms with van der Waals surface area (Å²) in [4.78, 5) is 21.4. The number of nitrogens with one attached hydrogen (secondary N) is 1. The van der Waals surface area contributed by atoms with Gasteiger partial charge in [0.15, 0.2) is 5.82 Å². The van der Waals surface area contributed by atoms with Crippen molar-refractivity contribution in [2.24, 2.45) is 5.92 Å². The summed E-state index contributed by atoms with van der Waals surface area (Å²) in [6, 6.07) is 4.14. The van der Waals surface area contributed by atoms with Crippen LogP contribution in [0.2, 0.25) is 0 Å². The van der Waals surface area contributed by atoms with Crippen LogP contribution in [0.25, 0.3) is 17.1 Å². The predicted octanol–water partition coefficient (Wildman–Crippen LogP) is 4.20. The molecule has 0 spiro atoms. The van der Waals surface area contributed by atoms with Gasteiger partial charge in [-0.2, -0.15) is 24.5 Å². The Balaban J connectivity index is 1.48. The van der Waals surface area contributed by atoms with Crippen LogP contribution in [-0.4, -0.2) is 58.4 Å². The third-order valence-electron chi connectivity index (χ3n) is 6.74. The fourth-order valence-corrected chi connectivity index (χ4v) is 7.17. The van der Waals surface area contributed by atoms with Crippen LogP contribution in [0, 0.1) is 11.7 Å². The maximum absolute atomic E-state index is 13.6. The van der Waals surface area contributed by atoms with E-state index in [9.17, 15) is 27.1 Å². The van der Waals surface area contributed by atoms with E-state index in [0.29, 0.717) is 48.5 Å². The third kappa shape index (κ3) is 5.43. The van der Waals surface area contributed by atoms with E-state index in [4.69, 9.17) is 0 Å². The molecular weight excluding hydrogens is 511 g/mol. The summed E-state index contributed by atoms with van der Waals surface area (Å²) in [7, 11) is -2.69. The van der Waals surface area contributed by atoms with Gasteiger partial charge < -0.3 is 10.1 Å². The molecular formula is C24H26F3N5O4S. The lowest BCUT2D eigenvalue weighted by Gasteiger charge is -2.32. The summed E-state index contributed by atoms with van der Waals surface area (Å²) in [5.74, 6) is -0.515. The van der Waals surface area contributed by atoms with E-state index >= 15 is 0 Å². The van der Waals surface area contributed by atoms with Gasteiger partial charge in [0, 0.05) is 35.4 Å². The molecule has 198 valence electrons. The summed E-state index contributed by atoms with van der Waals surface area (Å²) in [6.45, 7) is -1.19. The molecule has 2 unspecified atom stereocenters. The van der Waals surface area contributed by atoms with Gasteiger partial charge in [-0.3, -0.25) is 18.9 Å². The highest BCUT2D eigenvalue weighted by atomic mass is 32.3. The van der Waals surface area contributed by atoms with Crippen LogP contribution < -0.4 is 10.1 Å². The largest absolute Gasteiger partial charge is 0.433 e. The van der Waals surface area contributed by atoms with Crippen molar-refractivity contribution in [3.05, 3.63) is 53.9 Å². The molecule has 3 aromatic heterocycles. The highest BCUT2D eigenvalue weighted by molar-refractivity contribution is 8.24. The van der Waals surface area contributed by atoms with E-state index in [2.05, 4.69) is 25.1 Å². The summed E-state index contributed by atoms with van der Waals surface area (Å²) in [5.41, 5.74) is 1.76. The van der Waals surface area contributed by atoms with Crippen LogP contribution in [0.1, 0.15) is 31.0 Å². The lowest BCUT2D eigenvalue weighted by atomic mass is 9.84. The topological polar surface area (TPSA) is 122 Å². The van der Waals surface area contributed by atoms with Gasteiger partial charge in [0.05, 0.1) is 35.1 Å². The first kappa shape index (κ1) is 25.5. The zero-order valence-electron chi connectivity index (χ0n) is 19.9. The second-order valence-electron chi connectivity index (χ2n) is 9.70. The molecule has 2 atom stereocenters. The smallest absolute Gasteiger partial charge is 0.387 e. The van der Waals surface area contributed by atoms with Crippen molar-refractivity contribution in [1.82, 2.24) is 25.1 Å². The monoisotopic (exact) mass is 537 g/mol. The molecule has 3 aromatic rings. The highest BCUT2D eigenvalue weighted by Gasteiger charge is 2.41. The van der Waals surface area contributed by atoms with Gasteiger partial charge >= 0.3 is 6.61 Å². The molecule has 1 amide bonds. The molecule has 0 saturated carbocycles. The number of hydrogen-bond donors (Lipinski definition) is 3. The van der Waals surface area contributed by atoms with Crippen molar-refractivity contribution < 1.29 is 31.8 Å². The molecule has 13 heteroatoms. The number of pyridine rings is 2. The molecule has 0 bridgehead atoms. The Kier molecular flexibility index (Phi) is 6.62. The first-order chi connectivity index (χ1) is 17.5. The molecule has 0 radical (unpaired) electrons. The summed E-state index contributed by atoms with van der Waals surface area (Å²) in [6.07, 6.45) is 5.48. The number of rotatable bonds is 6. The molecule has 1 saturated heterocycles. The van der Waals surface area contributed by atoms with Gasteiger partial charge in [0.1, 0.15) is 11.6 Å². The average molecular weight is 538 g/mol. The molecule has 4 heterocycles. The lowest BCUT2D eigenvalue weighted by molar-refractivity contribution is -0.126. The molecule has 5 rings (SSSR count). The van der Waals surface area contributed by atoms with Gasteiger partial charge in [-0.1, -0.05) is 0 Å². The van der Waals surface area contributed by atoms with Crippen LogP contribution in [0.3, 0.4) is 0 Å². The van der Waals surface area contributed by atoms with Crippen LogP contribution in [0.4, 0.5) is 13.2 Å². The van der Waals surface area contributed by atoms with E-state index in [0.717, 1.165) is 11.8 Å². The number of carbonyl (C=O) groups is 1. The minimum absolute atomic E-state index is 0.112. The van der Waals surface area contributed by atoms with Gasteiger partial charge in [-0.15, -0.1) is 0 Å². The average Bonchev–Trinajstić information content (AvgIpc) is 3.35. The zero-order chi connectivity index (χ0) is 26.4. The predicted molar refractivity (Wildman–Crippen MR) is 130 cm³/mol. The first-order valence-electron chi connectivity index (χ1n) is 11.7. The number of amides is 1. The van der Waals surface area contributed by atoms with Gasteiger partial charge in [0.25, 0.3) is 0 Å². The summed E-state index contributed by atoms with van der Waals surface area (Å²) in [5, 5.41) is 7.68. The van der Waals surface area contributed by atoms with Crippen LogP contribution in [0.5, 0.6) is 5.75 Å². The maximum Gasteiger partial charge on any atom is 0.387 e. The van der Waals surface area contributed by atoms with Gasteiger partial charge in [-0.05, 0) is 44.4 Å². The molecule has 2 aliphatic rings. The molecule has 0 aromatic carbocycles. The fraction of sp³-hybridized carbons (Fsp3) is 0.417. The van der Waals surface area contributed by atoms with Crippen LogP contribution in [-0.2, 0) is 17.6 Å². The van der Waals surface area contributed by atoms with Crippen molar-refractivity contribution >= 4 is 16.5 Å². The second kappa shape index (κ2) is 9.62. The quantitative estimate of drug-likeness (QED) is 0.431. The van der Waals surface area contributed by atoms with Crippen molar-refractivity contribution in [3.8, 4) is 22.8 Å². The van der Waals surface area contributed by atoms with Crippen molar-refractivity contribution in [2.75, 3.05) is 11.5 Å². The minimum Gasteiger partial charge on any atom is -0.433 e. The Morgan fingerprint density at radius 2 is 2.11 bits per heavy atom. The minimum atomic E-state index is -3.00. The number of fused-ring (bicyclic) bond motifs is 1. The molecule has 1 aliphatic carbocycles. The second-order valence-corrected chi connectivity index (χ2v) is 12.0. The number of carbonyl (C=O) groups excluding carboxylic acids is 1. The van der Waals surface area contributed by atoms with E-state index in [1.165, 1.54) is 35.3 Å². The van der Waals surface area contributed by atoms with E-state index < -0.39 is 34.5 Å². The summed E-state index contributed by atoms with van der Waals surface area (Å²) < 4.78 is 65.1. The standard InChI is InChI=1S/C24H26F3N5O4S/c1-24(6-7-37(34,35)13-24)30-22(33)14-2-4-18-19(9-14)32(20-5-3-16(25)11-29-20)31-21(18)15-8-17(12-28-10-15)36-23(26)27/h3,5,8,10-12,14,23,34-35H,2,4,6-7,9,13H2,1H3,(H,30,33). The third-order valence-corrected chi connectivity index (χ3v) is 8.70. The van der Waals surface area contributed by atoms with Gasteiger partial charge in [-0.25, -0.2) is 14.1 Å². The molecule has 37 heavy (non-hydrogen) atoms. The maximum atomic E-state index is 13.6. The highest BCUT2D eigenvalue weighted by Crippen LogP contribution is 2.50. The number of halogens is 3. The Bertz CT molecular complexity index is 1320. The Hall–Kier alpha value is -3.16. The molecule has 9 nitrogen and oxygen atoms in total. The number of hydrogen-bond acceptors (Lipinski definition) is 7. The number of ether oxygens (including phenoxy) is 1. The number of alkyl halides is 2. The van der Waals surface area contributed by atoms with Crippen molar-refractivity contribution in [3.63, 3.8) is 0 Å². The lowest BCUT2D eigenvalue weighted by Crippen LogP contribution is -2.49. The van der Waals surface area contributed by atoms with E-state index in [-0.39, 0.29) is 23.2 Å². The van der Waals surface area contributed by atoms with Crippen molar-refractivity contribution in [2.45, 2.75) is 44.8 Å².